The number of aliphatic hydroxyl groups excluding tert-OH is 2. The quantitative estimate of drug-likeness (QED) is 0.332. The van der Waals surface area contributed by atoms with Crippen LogP contribution in [0.25, 0.3) is 0 Å². The number of ether oxygens (including phenoxy) is 1. The Morgan fingerprint density at radius 3 is 2.70 bits per heavy atom. The van der Waals surface area contributed by atoms with Gasteiger partial charge in [-0.25, -0.2) is 0 Å². The highest BCUT2D eigenvalue weighted by Gasteiger charge is 2.35. The van der Waals surface area contributed by atoms with E-state index in [4.69, 9.17) is 15.9 Å². The van der Waals surface area contributed by atoms with Crippen molar-refractivity contribution in [1.82, 2.24) is 0 Å². The van der Waals surface area contributed by atoms with Crippen molar-refractivity contribution in [1.29, 1.82) is 0 Å². The van der Waals surface area contributed by atoms with Gasteiger partial charge in [0, 0.05) is 0 Å². The Morgan fingerprint density at radius 1 is 1.60 bits per heavy atom. The second-order valence-corrected chi connectivity index (χ2v) is 2.21. The average Bonchev–Trinajstić information content (AvgIpc) is 1.93. The van der Waals surface area contributed by atoms with Gasteiger partial charge in [-0.2, -0.15) is 0 Å². The van der Waals surface area contributed by atoms with Gasteiger partial charge in [0.05, 0.1) is 0 Å². The zero-order chi connectivity index (χ0) is 7.72. The summed E-state index contributed by atoms with van der Waals surface area (Å²) in [6.45, 7) is -0.173. The summed E-state index contributed by atoms with van der Waals surface area (Å²) >= 11 is 0. The molecule has 0 aromatic rings. The van der Waals surface area contributed by atoms with Gasteiger partial charge in [0.25, 0.3) is 0 Å². The fraction of sp³-hybridized carbons (Fsp3) is 0.800. The summed E-state index contributed by atoms with van der Waals surface area (Å²) in [4.78, 5) is 10.5. The van der Waals surface area contributed by atoms with Crippen molar-refractivity contribution < 1.29 is 19.7 Å². The van der Waals surface area contributed by atoms with Gasteiger partial charge >= 0.3 is 5.97 Å². The van der Waals surface area contributed by atoms with Crippen LogP contribution in [0, 0.1) is 0 Å². The van der Waals surface area contributed by atoms with Crippen molar-refractivity contribution in [3.05, 3.63) is 0 Å². The number of hydrogen-bond donors (Lipinski definition) is 3. The maximum absolute atomic E-state index is 10.5. The molecule has 5 heteroatoms. The van der Waals surface area contributed by atoms with Crippen LogP contribution in [0.5, 0.6) is 0 Å². The number of esters is 1. The van der Waals surface area contributed by atoms with Crippen LogP contribution < -0.4 is 5.73 Å². The van der Waals surface area contributed by atoms with E-state index < -0.39 is 24.2 Å². The van der Waals surface area contributed by atoms with E-state index in [1.807, 2.05) is 0 Å². The number of carbonyl (C=O) groups excluding carboxylic acids is 1. The first kappa shape index (κ1) is 7.46. The predicted molar refractivity (Wildman–Crippen MR) is 30.9 cm³/mol. The van der Waals surface area contributed by atoms with E-state index in [0.717, 1.165) is 0 Å². The first-order chi connectivity index (χ1) is 4.63. The van der Waals surface area contributed by atoms with Gasteiger partial charge in [0.2, 0.25) is 0 Å². The van der Waals surface area contributed by atoms with Crippen molar-refractivity contribution in [3.8, 4) is 0 Å². The summed E-state index contributed by atoms with van der Waals surface area (Å²) in [6, 6.07) is -1.11. The molecule has 1 saturated heterocycles. The summed E-state index contributed by atoms with van der Waals surface area (Å²) in [7, 11) is 0. The van der Waals surface area contributed by atoms with Crippen molar-refractivity contribution >= 4 is 5.97 Å². The van der Waals surface area contributed by atoms with Gasteiger partial charge in [0.1, 0.15) is 24.9 Å². The van der Waals surface area contributed by atoms with Gasteiger partial charge in [-0.3, -0.25) is 4.79 Å². The van der Waals surface area contributed by atoms with Crippen LogP contribution in [0.1, 0.15) is 0 Å². The number of rotatable bonds is 0. The number of nitrogens with two attached hydrogens (primary N) is 1. The number of hydrogen-bond acceptors (Lipinski definition) is 5. The molecule has 0 aliphatic carbocycles. The van der Waals surface area contributed by atoms with Crippen molar-refractivity contribution in [2.24, 2.45) is 5.73 Å². The highest BCUT2D eigenvalue weighted by atomic mass is 16.5. The van der Waals surface area contributed by atoms with Crippen LogP contribution >= 0.6 is 0 Å². The lowest BCUT2D eigenvalue weighted by molar-refractivity contribution is -0.166. The molecule has 0 saturated carbocycles. The standard InChI is InChI=1S/C5H9NO4/c6-3-4(8)2(7)1-10-5(3)9/h2-4,7-8H,1,6H2/t2-,3+,4-/m1/s1. The minimum atomic E-state index is -1.19. The average molecular weight is 147 g/mol. The SMILES string of the molecule is N[C@@H]1C(=O)OC[C@@H](O)[C@H]1O. The summed E-state index contributed by atoms with van der Waals surface area (Å²) in [5, 5.41) is 17.8. The predicted octanol–water partition coefficient (Wildman–Crippen LogP) is -2.41. The van der Waals surface area contributed by atoms with E-state index in [2.05, 4.69) is 4.74 Å². The molecule has 1 rings (SSSR count). The molecule has 1 heterocycles. The fourth-order valence-corrected chi connectivity index (χ4v) is 0.741. The molecule has 0 spiro atoms. The zero-order valence-electron chi connectivity index (χ0n) is 5.23. The lowest BCUT2D eigenvalue weighted by atomic mass is 10.1. The number of aliphatic hydroxyl groups is 2. The molecule has 0 bridgehead atoms. The molecule has 4 N–H and O–H groups in total. The van der Waals surface area contributed by atoms with E-state index in [0.29, 0.717) is 0 Å². The molecule has 1 aliphatic heterocycles. The maximum atomic E-state index is 10.5. The molecule has 1 aliphatic rings. The molecule has 58 valence electrons. The second-order valence-electron chi connectivity index (χ2n) is 2.21. The Kier molecular flexibility index (Phi) is 1.89. The first-order valence-electron chi connectivity index (χ1n) is 2.91. The molecule has 0 unspecified atom stereocenters. The van der Waals surface area contributed by atoms with Crippen LogP contribution in [-0.4, -0.2) is 41.0 Å². The highest BCUT2D eigenvalue weighted by Crippen LogP contribution is 2.07. The van der Waals surface area contributed by atoms with Crippen molar-refractivity contribution in [3.63, 3.8) is 0 Å². The van der Waals surface area contributed by atoms with Crippen LogP contribution in [0.4, 0.5) is 0 Å². The largest absolute Gasteiger partial charge is 0.462 e. The van der Waals surface area contributed by atoms with Crippen molar-refractivity contribution in [2.45, 2.75) is 18.2 Å². The van der Waals surface area contributed by atoms with Crippen molar-refractivity contribution in [2.75, 3.05) is 6.61 Å². The fourth-order valence-electron chi connectivity index (χ4n) is 0.741. The molecule has 3 atom stereocenters. The zero-order valence-corrected chi connectivity index (χ0v) is 5.23. The molecule has 0 aromatic heterocycles. The Morgan fingerprint density at radius 2 is 2.20 bits per heavy atom. The Labute approximate surface area is 57.4 Å². The van der Waals surface area contributed by atoms with Crippen LogP contribution in [0.2, 0.25) is 0 Å². The van der Waals surface area contributed by atoms with Gasteiger partial charge in [-0.1, -0.05) is 0 Å². The minimum absolute atomic E-state index is 0.173. The minimum Gasteiger partial charge on any atom is -0.462 e. The summed E-state index contributed by atoms with van der Waals surface area (Å²) in [6.07, 6.45) is -2.24. The third kappa shape index (κ3) is 1.11. The third-order valence-electron chi connectivity index (χ3n) is 1.43. The van der Waals surface area contributed by atoms with Gasteiger partial charge < -0.3 is 20.7 Å². The Bertz CT molecular complexity index is 149. The third-order valence-corrected chi connectivity index (χ3v) is 1.43. The van der Waals surface area contributed by atoms with Crippen LogP contribution in [0.3, 0.4) is 0 Å². The molecule has 10 heavy (non-hydrogen) atoms. The van der Waals surface area contributed by atoms with Crippen LogP contribution in [0.15, 0.2) is 0 Å². The maximum Gasteiger partial charge on any atom is 0.325 e. The lowest BCUT2D eigenvalue weighted by Crippen LogP contribution is -2.55. The summed E-state index contributed by atoms with van der Waals surface area (Å²) in [5.74, 6) is -0.669. The molecule has 5 nitrogen and oxygen atoms in total. The lowest BCUT2D eigenvalue weighted by Gasteiger charge is -2.27. The Balaban J connectivity index is 2.60. The van der Waals surface area contributed by atoms with E-state index in [9.17, 15) is 4.79 Å². The first-order valence-corrected chi connectivity index (χ1v) is 2.91. The molecule has 0 aromatic carbocycles. The molecular formula is C5H9NO4. The van der Waals surface area contributed by atoms with Gasteiger partial charge in [-0.15, -0.1) is 0 Å². The molecule has 0 radical (unpaired) electrons. The monoisotopic (exact) mass is 147 g/mol. The van der Waals surface area contributed by atoms with E-state index >= 15 is 0 Å². The molecule has 0 amide bonds. The molecular weight excluding hydrogens is 138 g/mol. The van der Waals surface area contributed by atoms with E-state index in [1.165, 1.54) is 0 Å². The summed E-state index contributed by atoms with van der Waals surface area (Å²) < 4.78 is 4.40. The normalized spacial score (nSPS) is 41.1. The van der Waals surface area contributed by atoms with E-state index in [-0.39, 0.29) is 6.61 Å². The number of carbonyl (C=O) groups is 1. The molecule has 1 fully saturated rings. The number of cyclic esters (lactones) is 1. The Hall–Kier alpha value is -0.650. The summed E-state index contributed by atoms with van der Waals surface area (Å²) in [5.41, 5.74) is 5.13. The highest BCUT2D eigenvalue weighted by molar-refractivity contribution is 5.77. The smallest absolute Gasteiger partial charge is 0.325 e. The van der Waals surface area contributed by atoms with Gasteiger partial charge in [0.15, 0.2) is 0 Å². The topological polar surface area (TPSA) is 92.8 Å². The van der Waals surface area contributed by atoms with Gasteiger partial charge in [-0.05, 0) is 0 Å². The van der Waals surface area contributed by atoms with E-state index in [1.54, 1.807) is 0 Å². The van der Waals surface area contributed by atoms with Crippen LogP contribution in [-0.2, 0) is 9.53 Å². The second kappa shape index (κ2) is 2.53.